The maximum Gasteiger partial charge on any atom is 0.342 e. The van der Waals surface area contributed by atoms with Crippen molar-refractivity contribution < 1.29 is 9.53 Å². The monoisotopic (exact) mass is 368 g/mol. The Morgan fingerprint density at radius 2 is 2.04 bits per heavy atom. The van der Waals surface area contributed by atoms with Gasteiger partial charge in [0.2, 0.25) is 0 Å². The second-order valence-electron chi connectivity index (χ2n) is 6.31. The Morgan fingerprint density at radius 3 is 2.68 bits per heavy atom. The lowest BCUT2D eigenvalue weighted by molar-refractivity contribution is 0.0525. The molecule has 1 aliphatic rings. The molecule has 25 heavy (non-hydrogen) atoms. The Bertz CT molecular complexity index is 574. The molecule has 2 rings (SSSR count). The fourth-order valence-electron chi connectivity index (χ4n) is 2.99. The number of ether oxygens (including phenoxy) is 1. The zero-order valence-electron chi connectivity index (χ0n) is 15.5. The van der Waals surface area contributed by atoms with Crippen LogP contribution in [-0.2, 0) is 11.2 Å². The van der Waals surface area contributed by atoms with Crippen LogP contribution in [0.2, 0.25) is 5.15 Å². The minimum atomic E-state index is -0.343. The molecule has 0 aliphatic carbocycles. The molecule has 0 aromatic carbocycles. The number of aryl methyl sites for hydroxylation is 1. The highest BCUT2D eigenvalue weighted by atomic mass is 35.5. The number of anilines is 1. The SMILES string of the molecule is CCOC(=O)c1c(NCCCN2CCN(C)CC2)cc(Cl)nc1CC. The summed E-state index contributed by atoms with van der Waals surface area (Å²) in [6.07, 6.45) is 1.64. The van der Waals surface area contributed by atoms with Crippen LogP contribution in [0.5, 0.6) is 0 Å². The van der Waals surface area contributed by atoms with Gasteiger partial charge in [0.1, 0.15) is 10.7 Å². The topological polar surface area (TPSA) is 57.7 Å². The maximum absolute atomic E-state index is 12.3. The minimum absolute atomic E-state index is 0.341. The van der Waals surface area contributed by atoms with Gasteiger partial charge in [0.25, 0.3) is 0 Å². The van der Waals surface area contributed by atoms with Gasteiger partial charge in [0, 0.05) is 32.7 Å². The first-order chi connectivity index (χ1) is 12.0. The molecule has 1 aliphatic heterocycles. The van der Waals surface area contributed by atoms with E-state index in [0.717, 1.165) is 45.7 Å². The molecule has 0 radical (unpaired) electrons. The van der Waals surface area contributed by atoms with Crippen molar-refractivity contribution in [1.29, 1.82) is 0 Å². The third-order valence-corrected chi connectivity index (χ3v) is 4.63. The number of esters is 1. The molecule has 0 bridgehead atoms. The third kappa shape index (κ3) is 5.83. The van der Waals surface area contributed by atoms with Crippen molar-refractivity contribution in [1.82, 2.24) is 14.8 Å². The second-order valence-corrected chi connectivity index (χ2v) is 6.70. The molecule has 6 nitrogen and oxygen atoms in total. The predicted octanol–water partition coefficient (Wildman–Crippen LogP) is 2.52. The summed E-state index contributed by atoms with van der Waals surface area (Å²) in [5.74, 6) is -0.343. The van der Waals surface area contributed by atoms with Crippen molar-refractivity contribution in [3.63, 3.8) is 0 Å². The Labute approximate surface area is 155 Å². The highest BCUT2D eigenvalue weighted by Crippen LogP contribution is 2.24. The molecule has 0 spiro atoms. The molecule has 1 aromatic heterocycles. The summed E-state index contributed by atoms with van der Waals surface area (Å²) in [6.45, 7) is 10.4. The molecule has 7 heteroatoms. The summed E-state index contributed by atoms with van der Waals surface area (Å²) in [4.78, 5) is 21.4. The number of hydrogen-bond donors (Lipinski definition) is 1. The van der Waals surface area contributed by atoms with Crippen LogP contribution in [0, 0.1) is 0 Å². The molecule has 1 saturated heterocycles. The van der Waals surface area contributed by atoms with E-state index in [1.807, 2.05) is 6.92 Å². The van der Waals surface area contributed by atoms with E-state index in [1.165, 1.54) is 0 Å². The Hall–Kier alpha value is -1.37. The molecular formula is C18H29ClN4O2. The molecule has 1 fully saturated rings. The number of rotatable bonds is 8. The van der Waals surface area contributed by atoms with Crippen LogP contribution in [0.15, 0.2) is 6.07 Å². The van der Waals surface area contributed by atoms with Crippen LogP contribution in [0.4, 0.5) is 5.69 Å². The van der Waals surface area contributed by atoms with Gasteiger partial charge < -0.3 is 19.9 Å². The van der Waals surface area contributed by atoms with E-state index in [4.69, 9.17) is 16.3 Å². The van der Waals surface area contributed by atoms with E-state index in [0.29, 0.717) is 35.1 Å². The smallest absolute Gasteiger partial charge is 0.342 e. The van der Waals surface area contributed by atoms with Gasteiger partial charge in [-0.25, -0.2) is 9.78 Å². The normalized spacial score (nSPS) is 16.0. The maximum atomic E-state index is 12.3. The van der Waals surface area contributed by atoms with Gasteiger partial charge in [-0.3, -0.25) is 0 Å². The first-order valence-electron chi connectivity index (χ1n) is 9.06. The van der Waals surface area contributed by atoms with Crippen molar-refractivity contribution in [3.05, 3.63) is 22.5 Å². The summed E-state index contributed by atoms with van der Waals surface area (Å²) in [7, 11) is 2.16. The molecule has 0 unspecified atom stereocenters. The molecule has 140 valence electrons. The Morgan fingerprint density at radius 1 is 1.32 bits per heavy atom. The Balaban J connectivity index is 1.95. The highest BCUT2D eigenvalue weighted by molar-refractivity contribution is 6.29. The van der Waals surface area contributed by atoms with E-state index in [9.17, 15) is 4.79 Å². The van der Waals surface area contributed by atoms with E-state index in [-0.39, 0.29) is 5.97 Å². The van der Waals surface area contributed by atoms with E-state index in [2.05, 4.69) is 27.1 Å². The van der Waals surface area contributed by atoms with Crippen molar-refractivity contribution in [2.24, 2.45) is 0 Å². The number of aromatic nitrogens is 1. The average Bonchev–Trinajstić information content (AvgIpc) is 2.59. The number of piperazine rings is 1. The molecule has 2 heterocycles. The summed E-state index contributed by atoms with van der Waals surface area (Å²) >= 11 is 6.11. The Kier molecular flexibility index (Phi) is 7.93. The minimum Gasteiger partial charge on any atom is -0.462 e. The molecule has 1 aromatic rings. The van der Waals surface area contributed by atoms with E-state index >= 15 is 0 Å². The standard InChI is InChI=1S/C18H29ClN4O2/c1-4-14-17(18(24)25-5-2)15(13-16(19)21-14)20-7-6-8-23-11-9-22(3)10-12-23/h13H,4-12H2,1-3H3,(H,20,21). The number of pyridine rings is 1. The summed E-state index contributed by atoms with van der Waals surface area (Å²) < 4.78 is 5.19. The number of halogens is 1. The van der Waals surface area contributed by atoms with Crippen LogP contribution in [-0.4, -0.2) is 73.7 Å². The molecule has 0 atom stereocenters. The largest absolute Gasteiger partial charge is 0.462 e. The van der Waals surface area contributed by atoms with Gasteiger partial charge in [0.05, 0.1) is 18.0 Å². The average molecular weight is 369 g/mol. The lowest BCUT2D eigenvalue weighted by Gasteiger charge is -2.32. The zero-order valence-corrected chi connectivity index (χ0v) is 16.2. The van der Waals surface area contributed by atoms with Crippen molar-refractivity contribution in [2.75, 3.05) is 58.2 Å². The van der Waals surface area contributed by atoms with Gasteiger partial charge in [-0.1, -0.05) is 18.5 Å². The summed E-state index contributed by atoms with van der Waals surface area (Å²) in [5.41, 5.74) is 1.90. The van der Waals surface area contributed by atoms with Gasteiger partial charge >= 0.3 is 5.97 Å². The number of likely N-dealkylation sites (N-methyl/N-ethyl adjacent to an activating group) is 1. The number of nitrogens with zero attached hydrogens (tertiary/aromatic N) is 3. The lowest BCUT2D eigenvalue weighted by atomic mass is 10.1. The fourth-order valence-corrected chi connectivity index (χ4v) is 3.20. The van der Waals surface area contributed by atoms with Crippen molar-refractivity contribution in [3.8, 4) is 0 Å². The molecule has 0 saturated carbocycles. The lowest BCUT2D eigenvalue weighted by Crippen LogP contribution is -2.44. The third-order valence-electron chi connectivity index (χ3n) is 4.44. The number of carbonyl (C=O) groups is 1. The highest BCUT2D eigenvalue weighted by Gasteiger charge is 2.19. The summed E-state index contributed by atoms with van der Waals surface area (Å²) in [5, 5.41) is 3.75. The first-order valence-corrected chi connectivity index (χ1v) is 9.44. The van der Waals surface area contributed by atoms with Crippen LogP contribution in [0.3, 0.4) is 0 Å². The van der Waals surface area contributed by atoms with Gasteiger partial charge in [-0.15, -0.1) is 0 Å². The van der Waals surface area contributed by atoms with Gasteiger partial charge in [-0.2, -0.15) is 0 Å². The van der Waals surface area contributed by atoms with Crippen molar-refractivity contribution in [2.45, 2.75) is 26.7 Å². The van der Waals surface area contributed by atoms with Crippen LogP contribution in [0.25, 0.3) is 0 Å². The fraction of sp³-hybridized carbons (Fsp3) is 0.667. The van der Waals surface area contributed by atoms with E-state index < -0.39 is 0 Å². The molecule has 0 amide bonds. The van der Waals surface area contributed by atoms with Gasteiger partial charge in [0.15, 0.2) is 0 Å². The summed E-state index contributed by atoms with van der Waals surface area (Å²) in [6, 6.07) is 1.71. The molecular weight excluding hydrogens is 340 g/mol. The zero-order chi connectivity index (χ0) is 18.2. The van der Waals surface area contributed by atoms with Crippen LogP contribution in [0.1, 0.15) is 36.3 Å². The van der Waals surface area contributed by atoms with E-state index in [1.54, 1.807) is 13.0 Å². The quantitative estimate of drug-likeness (QED) is 0.432. The van der Waals surface area contributed by atoms with Gasteiger partial charge in [-0.05, 0) is 39.4 Å². The van der Waals surface area contributed by atoms with Crippen LogP contribution >= 0.6 is 11.6 Å². The number of carbonyl (C=O) groups excluding carboxylic acids is 1. The molecule has 1 N–H and O–H groups in total. The van der Waals surface area contributed by atoms with Crippen molar-refractivity contribution >= 4 is 23.3 Å². The second kappa shape index (κ2) is 9.94. The first kappa shape index (κ1) is 19.9. The van der Waals surface area contributed by atoms with Crippen LogP contribution < -0.4 is 5.32 Å². The predicted molar refractivity (Wildman–Crippen MR) is 102 cm³/mol. The number of hydrogen-bond acceptors (Lipinski definition) is 6. The number of nitrogens with one attached hydrogen (secondary N) is 1.